The normalized spacial score (nSPS) is 12.1. The van der Waals surface area contributed by atoms with E-state index in [-0.39, 0.29) is 16.8 Å². The molecule has 162 valence electrons. The standard InChI is InChI=1S/C22H24N4O4S/c1-14-6-5-7-19(12-14)30-17(4)21(27)25-18-8-10-20(11-9-18)31(28,29)26-22-23-15(2)13-16(3)24-22/h5-13,17H,1-4H3,(H,25,27)(H,23,24,26)/t17-/m0/s1. The highest BCUT2D eigenvalue weighted by Gasteiger charge is 2.18. The van der Waals surface area contributed by atoms with Gasteiger partial charge in [-0.05, 0) is 75.7 Å². The summed E-state index contributed by atoms with van der Waals surface area (Å²) in [5.74, 6) is 0.264. The van der Waals surface area contributed by atoms with Gasteiger partial charge < -0.3 is 10.1 Å². The molecule has 1 heterocycles. The Morgan fingerprint density at radius 2 is 1.61 bits per heavy atom. The Morgan fingerprint density at radius 3 is 2.23 bits per heavy atom. The number of anilines is 2. The first-order valence-corrected chi connectivity index (χ1v) is 11.1. The molecule has 1 aromatic heterocycles. The van der Waals surface area contributed by atoms with Crippen LogP contribution in [0.5, 0.6) is 5.75 Å². The molecule has 1 atom stereocenters. The second-order valence-corrected chi connectivity index (χ2v) is 8.85. The first kappa shape index (κ1) is 22.2. The third-order valence-electron chi connectivity index (χ3n) is 4.31. The molecule has 0 bridgehead atoms. The number of aromatic nitrogens is 2. The predicted octanol–water partition coefficient (Wildman–Crippen LogP) is 3.61. The van der Waals surface area contributed by atoms with Gasteiger partial charge in [0.1, 0.15) is 5.75 Å². The van der Waals surface area contributed by atoms with Crippen LogP contribution in [-0.2, 0) is 14.8 Å². The lowest BCUT2D eigenvalue weighted by molar-refractivity contribution is -0.122. The van der Waals surface area contributed by atoms with Gasteiger partial charge in [-0.2, -0.15) is 0 Å². The lowest BCUT2D eigenvalue weighted by Gasteiger charge is -2.15. The van der Waals surface area contributed by atoms with Gasteiger partial charge in [0.2, 0.25) is 5.95 Å². The van der Waals surface area contributed by atoms with Gasteiger partial charge in [-0.3, -0.25) is 4.79 Å². The van der Waals surface area contributed by atoms with Crippen LogP contribution >= 0.6 is 0 Å². The van der Waals surface area contributed by atoms with Crippen LogP contribution in [0.25, 0.3) is 0 Å². The van der Waals surface area contributed by atoms with Crippen molar-refractivity contribution in [2.45, 2.75) is 38.7 Å². The highest BCUT2D eigenvalue weighted by Crippen LogP contribution is 2.18. The van der Waals surface area contributed by atoms with Gasteiger partial charge in [0.25, 0.3) is 15.9 Å². The first-order chi connectivity index (χ1) is 14.6. The summed E-state index contributed by atoms with van der Waals surface area (Å²) in [6.07, 6.45) is -0.728. The van der Waals surface area contributed by atoms with Crippen molar-refractivity contribution in [3.63, 3.8) is 0 Å². The van der Waals surface area contributed by atoms with Crippen molar-refractivity contribution in [1.82, 2.24) is 9.97 Å². The fourth-order valence-corrected chi connectivity index (χ4v) is 3.80. The number of ether oxygens (including phenoxy) is 1. The van der Waals surface area contributed by atoms with Crippen molar-refractivity contribution in [3.05, 3.63) is 71.5 Å². The van der Waals surface area contributed by atoms with E-state index in [4.69, 9.17) is 4.74 Å². The molecule has 2 aromatic carbocycles. The maximum Gasteiger partial charge on any atom is 0.265 e. The summed E-state index contributed by atoms with van der Waals surface area (Å²) in [4.78, 5) is 20.6. The van der Waals surface area contributed by atoms with E-state index in [0.717, 1.165) is 5.56 Å². The van der Waals surface area contributed by atoms with Crippen molar-refractivity contribution in [2.75, 3.05) is 10.0 Å². The molecule has 0 saturated carbocycles. The molecule has 9 heteroatoms. The van der Waals surface area contributed by atoms with Crippen LogP contribution in [0.2, 0.25) is 0 Å². The molecule has 0 spiro atoms. The molecule has 0 saturated heterocycles. The molecule has 3 aromatic rings. The van der Waals surface area contributed by atoms with Crippen LogP contribution in [0.3, 0.4) is 0 Å². The number of carbonyl (C=O) groups is 1. The van der Waals surface area contributed by atoms with Gasteiger partial charge in [0.15, 0.2) is 6.10 Å². The minimum absolute atomic E-state index is 0.0111. The second kappa shape index (κ2) is 9.13. The van der Waals surface area contributed by atoms with Gasteiger partial charge in [-0.15, -0.1) is 0 Å². The van der Waals surface area contributed by atoms with Crippen LogP contribution in [0.15, 0.2) is 59.5 Å². The monoisotopic (exact) mass is 440 g/mol. The van der Waals surface area contributed by atoms with Gasteiger partial charge in [-0.1, -0.05) is 12.1 Å². The topological polar surface area (TPSA) is 110 Å². The number of sulfonamides is 1. The number of hydrogen-bond donors (Lipinski definition) is 2. The minimum atomic E-state index is -3.87. The molecule has 0 aliphatic heterocycles. The molecule has 3 rings (SSSR count). The largest absolute Gasteiger partial charge is 0.481 e. The SMILES string of the molecule is Cc1cccc(O[C@@H](C)C(=O)Nc2ccc(S(=O)(=O)Nc3nc(C)cc(C)n3)cc2)c1. The molecule has 2 N–H and O–H groups in total. The summed E-state index contributed by atoms with van der Waals surface area (Å²) in [5.41, 5.74) is 2.79. The van der Waals surface area contributed by atoms with E-state index in [1.54, 1.807) is 32.9 Å². The van der Waals surface area contributed by atoms with Crippen molar-refractivity contribution < 1.29 is 17.9 Å². The van der Waals surface area contributed by atoms with Gasteiger partial charge in [0.05, 0.1) is 4.90 Å². The van der Waals surface area contributed by atoms with Gasteiger partial charge >= 0.3 is 0 Å². The van der Waals surface area contributed by atoms with Crippen molar-refractivity contribution >= 4 is 27.6 Å². The Kier molecular flexibility index (Phi) is 6.55. The molecule has 0 fully saturated rings. The maximum atomic E-state index is 12.6. The number of nitrogens with one attached hydrogen (secondary N) is 2. The lowest BCUT2D eigenvalue weighted by atomic mass is 10.2. The second-order valence-electron chi connectivity index (χ2n) is 7.17. The molecular weight excluding hydrogens is 416 g/mol. The first-order valence-electron chi connectivity index (χ1n) is 9.62. The molecule has 0 radical (unpaired) electrons. The van der Waals surface area contributed by atoms with Crippen LogP contribution < -0.4 is 14.8 Å². The number of carbonyl (C=O) groups excluding carboxylic acids is 1. The van der Waals surface area contributed by atoms with E-state index in [0.29, 0.717) is 22.8 Å². The number of rotatable bonds is 7. The third-order valence-corrected chi connectivity index (χ3v) is 5.66. The van der Waals surface area contributed by atoms with Crippen LogP contribution in [0.4, 0.5) is 11.6 Å². The molecular formula is C22H24N4O4S. The summed E-state index contributed by atoms with van der Waals surface area (Å²) < 4.78 is 33.2. The Labute approximate surface area is 181 Å². The maximum absolute atomic E-state index is 12.6. The summed E-state index contributed by atoms with van der Waals surface area (Å²) in [6, 6.07) is 15.0. The van der Waals surface area contributed by atoms with E-state index in [1.165, 1.54) is 24.3 Å². The molecule has 0 unspecified atom stereocenters. The van der Waals surface area contributed by atoms with Crippen molar-refractivity contribution in [3.8, 4) is 5.75 Å². The average Bonchev–Trinajstić information content (AvgIpc) is 2.67. The van der Waals surface area contributed by atoms with Crippen LogP contribution in [0.1, 0.15) is 23.9 Å². The third kappa shape index (κ3) is 6.02. The zero-order valence-electron chi connectivity index (χ0n) is 17.7. The Bertz CT molecular complexity index is 1170. The van der Waals surface area contributed by atoms with Crippen LogP contribution in [-0.4, -0.2) is 30.4 Å². The van der Waals surface area contributed by atoms with Crippen molar-refractivity contribution in [2.24, 2.45) is 0 Å². The Hall–Kier alpha value is -3.46. The predicted molar refractivity (Wildman–Crippen MR) is 119 cm³/mol. The summed E-state index contributed by atoms with van der Waals surface area (Å²) in [7, 11) is -3.87. The van der Waals surface area contributed by atoms with Gasteiger partial charge in [0, 0.05) is 17.1 Å². The average molecular weight is 441 g/mol. The number of amides is 1. The fourth-order valence-electron chi connectivity index (χ4n) is 2.86. The molecule has 8 nitrogen and oxygen atoms in total. The number of aryl methyl sites for hydroxylation is 3. The van der Waals surface area contributed by atoms with E-state index in [2.05, 4.69) is 20.0 Å². The quantitative estimate of drug-likeness (QED) is 0.581. The highest BCUT2D eigenvalue weighted by molar-refractivity contribution is 7.92. The number of hydrogen-bond acceptors (Lipinski definition) is 6. The highest BCUT2D eigenvalue weighted by atomic mass is 32.2. The summed E-state index contributed by atoms with van der Waals surface area (Å²) in [6.45, 7) is 7.10. The smallest absolute Gasteiger partial charge is 0.265 e. The van der Waals surface area contributed by atoms with Crippen molar-refractivity contribution in [1.29, 1.82) is 0 Å². The van der Waals surface area contributed by atoms with E-state index in [1.807, 2.05) is 25.1 Å². The Morgan fingerprint density at radius 1 is 0.968 bits per heavy atom. The molecule has 0 aliphatic carbocycles. The van der Waals surface area contributed by atoms with Crippen LogP contribution in [0, 0.1) is 20.8 Å². The van der Waals surface area contributed by atoms with Gasteiger partial charge in [-0.25, -0.2) is 23.1 Å². The molecule has 1 amide bonds. The fraction of sp³-hybridized carbons (Fsp3) is 0.227. The van der Waals surface area contributed by atoms with E-state index in [9.17, 15) is 13.2 Å². The molecule has 0 aliphatic rings. The Balaban J connectivity index is 1.65. The number of nitrogens with zero attached hydrogens (tertiary/aromatic N) is 2. The van der Waals surface area contributed by atoms with E-state index >= 15 is 0 Å². The molecule has 31 heavy (non-hydrogen) atoms. The summed E-state index contributed by atoms with van der Waals surface area (Å²) >= 11 is 0. The summed E-state index contributed by atoms with van der Waals surface area (Å²) in [5, 5.41) is 2.72. The zero-order chi connectivity index (χ0) is 22.6. The number of benzene rings is 2. The minimum Gasteiger partial charge on any atom is -0.481 e. The van der Waals surface area contributed by atoms with E-state index < -0.39 is 16.1 Å². The lowest BCUT2D eigenvalue weighted by Crippen LogP contribution is -2.30. The zero-order valence-corrected chi connectivity index (χ0v) is 18.5.